The Hall–Kier alpha value is -2.37. The quantitative estimate of drug-likeness (QED) is 0.902. The fraction of sp³-hybridized carbons (Fsp3) is 0.357. The van der Waals surface area contributed by atoms with Crippen molar-refractivity contribution in [3.63, 3.8) is 0 Å². The highest BCUT2D eigenvalue weighted by Gasteiger charge is 2.18. The molecule has 0 unspecified atom stereocenters. The van der Waals surface area contributed by atoms with Crippen LogP contribution in [0.4, 0.5) is 5.69 Å². The molecule has 6 heteroatoms. The molecule has 0 bridgehead atoms. The van der Waals surface area contributed by atoms with Crippen molar-refractivity contribution < 1.29 is 9.90 Å². The molecule has 2 aromatic rings. The van der Waals surface area contributed by atoms with Crippen molar-refractivity contribution in [1.82, 2.24) is 15.0 Å². The number of carboxylic acids is 1. The van der Waals surface area contributed by atoms with Gasteiger partial charge in [0.2, 0.25) is 0 Å². The van der Waals surface area contributed by atoms with Crippen LogP contribution in [0, 0.1) is 0 Å². The molecule has 0 aliphatic carbocycles. The maximum absolute atomic E-state index is 11.2. The lowest BCUT2D eigenvalue weighted by atomic mass is 10.2. The molecule has 0 radical (unpaired) electrons. The molecule has 0 aliphatic heterocycles. The van der Waals surface area contributed by atoms with E-state index in [4.69, 9.17) is 5.11 Å². The minimum absolute atomic E-state index is 0.0311. The van der Waals surface area contributed by atoms with Crippen LogP contribution in [0.3, 0.4) is 0 Å². The highest BCUT2D eigenvalue weighted by molar-refractivity contribution is 5.86. The average molecular weight is 274 g/mol. The average Bonchev–Trinajstić information content (AvgIpc) is 2.83. The number of aromatic nitrogens is 3. The van der Waals surface area contributed by atoms with Crippen LogP contribution in [0.1, 0.15) is 29.5 Å². The van der Waals surface area contributed by atoms with Gasteiger partial charge in [-0.25, -0.2) is 9.48 Å². The third kappa shape index (κ3) is 2.64. The van der Waals surface area contributed by atoms with Gasteiger partial charge in [-0.15, -0.1) is 5.10 Å². The van der Waals surface area contributed by atoms with Crippen molar-refractivity contribution in [2.45, 2.75) is 19.8 Å². The van der Waals surface area contributed by atoms with Gasteiger partial charge in [0.25, 0.3) is 0 Å². The van der Waals surface area contributed by atoms with Gasteiger partial charge in [-0.05, 0) is 30.7 Å². The molecule has 1 aromatic carbocycles. The Morgan fingerprint density at radius 2 is 1.95 bits per heavy atom. The Morgan fingerprint density at radius 3 is 2.45 bits per heavy atom. The lowest BCUT2D eigenvalue weighted by molar-refractivity contribution is 0.0689. The number of benzene rings is 1. The van der Waals surface area contributed by atoms with Gasteiger partial charge >= 0.3 is 5.97 Å². The number of hydrogen-bond acceptors (Lipinski definition) is 4. The first kappa shape index (κ1) is 14.0. The van der Waals surface area contributed by atoms with E-state index in [1.165, 1.54) is 0 Å². The van der Waals surface area contributed by atoms with Crippen LogP contribution in [0.15, 0.2) is 24.3 Å². The Bertz CT molecular complexity index is 602. The first-order valence-electron chi connectivity index (χ1n) is 6.50. The van der Waals surface area contributed by atoms with E-state index in [9.17, 15) is 4.79 Å². The standard InChI is InChI=1S/C14H18N4O2/c1-4-5-12-13(14(19)20)15-16-18(12)11-8-6-10(7-9-11)17(2)3/h6-9H,4-5H2,1-3H3,(H,19,20). The normalized spacial score (nSPS) is 10.6. The highest BCUT2D eigenvalue weighted by Crippen LogP contribution is 2.18. The summed E-state index contributed by atoms with van der Waals surface area (Å²) in [5.74, 6) is -1.04. The van der Waals surface area contributed by atoms with Crippen molar-refractivity contribution in [2.24, 2.45) is 0 Å². The predicted molar refractivity (Wildman–Crippen MR) is 76.6 cm³/mol. The molecule has 0 saturated heterocycles. The lowest BCUT2D eigenvalue weighted by Gasteiger charge is -2.13. The molecule has 1 heterocycles. The Labute approximate surface area is 117 Å². The monoisotopic (exact) mass is 274 g/mol. The van der Waals surface area contributed by atoms with Gasteiger partial charge in [0, 0.05) is 19.8 Å². The second kappa shape index (κ2) is 5.73. The third-order valence-electron chi connectivity index (χ3n) is 3.06. The summed E-state index contributed by atoms with van der Waals surface area (Å²) in [6.07, 6.45) is 1.47. The SMILES string of the molecule is CCCc1c(C(=O)O)nnn1-c1ccc(N(C)C)cc1. The number of anilines is 1. The second-order valence-corrected chi connectivity index (χ2v) is 4.76. The van der Waals surface area contributed by atoms with Crippen molar-refractivity contribution in [2.75, 3.05) is 19.0 Å². The molecule has 0 atom stereocenters. The van der Waals surface area contributed by atoms with E-state index < -0.39 is 5.97 Å². The molecule has 1 N–H and O–H groups in total. The molecule has 0 amide bonds. The number of aromatic carboxylic acids is 1. The maximum atomic E-state index is 11.2. The maximum Gasteiger partial charge on any atom is 0.358 e. The van der Waals surface area contributed by atoms with Gasteiger partial charge in [-0.3, -0.25) is 0 Å². The molecule has 0 spiro atoms. The lowest BCUT2D eigenvalue weighted by Crippen LogP contribution is -2.09. The van der Waals surface area contributed by atoms with E-state index in [2.05, 4.69) is 10.3 Å². The molecule has 1 aromatic heterocycles. The van der Waals surface area contributed by atoms with Crippen molar-refractivity contribution in [3.05, 3.63) is 35.7 Å². The van der Waals surface area contributed by atoms with Gasteiger partial charge in [0.05, 0.1) is 11.4 Å². The minimum atomic E-state index is -1.04. The first-order chi connectivity index (χ1) is 9.54. The number of hydrogen-bond donors (Lipinski definition) is 1. The molecule has 0 saturated carbocycles. The molecule has 106 valence electrons. The third-order valence-corrected chi connectivity index (χ3v) is 3.06. The Balaban J connectivity index is 2.43. The zero-order valence-corrected chi connectivity index (χ0v) is 11.9. The number of carbonyl (C=O) groups is 1. The van der Waals surface area contributed by atoms with Crippen LogP contribution in [-0.2, 0) is 6.42 Å². The largest absolute Gasteiger partial charge is 0.476 e. The van der Waals surface area contributed by atoms with E-state index in [0.717, 1.165) is 17.8 Å². The summed E-state index contributed by atoms with van der Waals surface area (Å²) in [6, 6.07) is 7.75. The van der Waals surface area contributed by atoms with Crippen LogP contribution >= 0.6 is 0 Å². The number of carboxylic acid groups (broad SMARTS) is 1. The summed E-state index contributed by atoms with van der Waals surface area (Å²) < 4.78 is 1.60. The van der Waals surface area contributed by atoms with Crippen LogP contribution in [0.5, 0.6) is 0 Å². The van der Waals surface area contributed by atoms with Crippen LogP contribution in [0.2, 0.25) is 0 Å². The van der Waals surface area contributed by atoms with E-state index in [-0.39, 0.29) is 5.69 Å². The van der Waals surface area contributed by atoms with Crippen molar-refractivity contribution in [3.8, 4) is 5.69 Å². The summed E-state index contributed by atoms with van der Waals surface area (Å²) in [5.41, 5.74) is 2.56. The van der Waals surface area contributed by atoms with Gasteiger partial charge in [-0.1, -0.05) is 18.6 Å². The van der Waals surface area contributed by atoms with Gasteiger partial charge < -0.3 is 10.0 Å². The van der Waals surface area contributed by atoms with Crippen LogP contribution in [0.25, 0.3) is 5.69 Å². The summed E-state index contributed by atoms with van der Waals surface area (Å²) in [4.78, 5) is 13.2. The van der Waals surface area contributed by atoms with Gasteiger partial charge in [0.1, 0.15) is 0 Å². The molecule has 20 heavy (non-hydrogen) atoms. The molecule has 0 fully saturated rings. The summed E-state index contributed by atoms with van der Waals surface area (Å²) in [5, 5.41) is 16.9. The predicted octanol–water partition coefficient (Wildman–Crippen LogP) is 1.98. The van der Waals surface area contributed by atoms with E-state index in [0.29, 0.717) is 12.1 Å². The Kier molecular flexibility index (Phi) is 4.02. The van der Waals surface area contributed by atoms with Crippen LogP contribution in [-0.4, -0.2) is 40.2 Å². The Morgan fingerprint density at radius 1 is 1.30 bits per heavy atom. The zero-order valence-electron chi connectivity index (χ0n) is 11.9. The summed E-state index contributed by atoms with van der Waals surface area (Å²) in [7, 11) is 3.94. The van der Waals surface area contributed by atoms with E-state index in [1.54, 1.807) is 4.68 Å². The number of nitrogens with zero attached hydrogens (tertiary/aromatic N) is 4. The highest BCUT2D eigenvalue weighted by atomic mass is 16.4. The van der Waals surface area contributed by atoms with Crippen LogP contribution < -0.4 is 4.90 Å². The van der Waals surface area contributed by atoms with E-state index >= 15 is 0 Å². The van der Waals surface area contributed by atoms with Crippen molar-refractivity contribution >= 4 is 11.7 Å². The molecule has 6 nitrogen and oxygen atoms in total. The zero-order chi connectivity index (χ0) is 14.7. The smallest absolute Gasteiger partial charge is 0.358 e. The molecular weight excluding hydrogens is 256 g/mol. The topological polar surface area (TPSA) is 71.2 Å². The fourth-order valence-electron chi connectivity index (χ4n) is 2.03. The molecule has 0 aliphatic rings. The summed E-state index contributed by atoms with van der Waals surface area (Å²) in [6.45, 7) is 2.00. The molecular formula is C14H18N4O2. The van der Waals surface area contributed by atoms with Crippen molar-refractivity contribution in [1.29, 1.82) is 0 Å². The summed E-state index contributed by atoms with van der Waals surface area (Å²) >= 11 is 0. The fourth-order valence-corrected chi connectivity index (χ4v) is 2.03. The van der Waals surface area contributed by atoms with Gasteiger partial charge in [0.15, 0.2) is 5.69 Å². The number of rotatable bonds is 5. The first-order valence-corrected chi connectivity index (χ1v) is 6.50. The second-order valence-electron chi connectivity index (χ2n) is 4.76. The minimum Gasteiger partial charge on any atom is -0.476 e. The molecule has 2 rings (SSSR count). The van der Waals surface area contributed by atoms with Gasteiger partial charge in [-0.2, -0.15) is 0 Å². The van der Waals surface area contributed by atoms with E-state index in [1.807, 2.05) is 50.2 Å².